The zero-order chi connectivity index (χ0) is 31.4. The molecular weight excluding hydrogens is 581 g/mol. The third kappa shape index (κ3) is 7.43. The van der Waals surface area contributed by atoms with E-state index in [1.165, 1.54) is 49.9 Å². The lowest BCUT2D eigenvalue weighted by Crippen LogP contribution is -2.37. The molecule has 0 amide bonds. The van der Waals surface area contributed by atoms with Crippen molar-refractivity contribution in [3.63, 3.8) is 0 Å². The molecule has 0 N–H and O–H groups in total. The summed E-state index contributed by atoms with van der Waals surface area (Å²) in [5.41, 5.74) is 0.618. The number of benzene rings is 3. The number of alkyl halides is 2. The minimum atomic E-state index is -3.64. The molecule has 3 aromatic rings. The summed E-state index contributed by atoms with van der Waals surface area (Å²) >= 11 is 0. The van der Waals surface area contributed by atoms with E-state index in [9.17, 15) is 13.2 Å². The second kappa shape index (κ2) is 13.9. The minimum absolute atomic E-state index is 0.0181. The van der Waals surface area contributed by atoms with Crippen LogP contribution in [-0.2, 0) is 0 Å². The van der Waals surface area contributed by atoms with E-state index < -0.39 is 52.8 Å². The maximum atomic E-state index is 15.3. The Bertz CT molecular complexity index is 1400. The molecule has 0 aliphatic heterocycles. The predicted octanol–water partition coefficient (Wildman–Crippen LogP) is 11.8. The maximum absolute atomic E-state index is 15.3. The molecule has 0 unspecified atom stereocenters. The number of hydrogen-bond donors (Lipinski definition) is 0. The molecular formula is C36H39F7O. The average Bonchev–Trinajstić information content (AvgIpc) is 2.99. The van der Waals surface area contributed by atoms with Crippen LogP contribution in [0.4, 0.5) is 30.7 Å². The highest BCUT2D eigenvalue weighted by Gasteiger charge is 2.45. The second-order valence-electron chi connectivity index (χ2n) is 12.6. The fraction of sp³-hybridized carbons (Fsp3) is 0.500. The van der Waals surface area contributed by atoms with Crippen LogP contribution < -0.4 is 4.74 Å². The Morgan fingerprint density at radius 1 is 0.659 bits per heavy atom. The van der Waals surface area contributed by atoms with Gasteiger partial charge in [-0.05, 0) is 117 Å². The summed E-state index contributed by atoms with van der Waals surface area (Å²) in [6.45, 7) is 2.19. The van der Waals surface area contributed by atoms with Gasteiger partial charge in [-0.3, -0.25) is 0 Å². The van der Waals surface area contributed by atoms with Crippen molar-refractivity contribution in [1.82, 2.24) is 0 Å². The molecule has 0 heterocycles. The van der Waals surface area contributed by atoms with E-state index >= 15 is 17.6 Å². The summed E-state index contributed by atoms with van der Waals surface area (Å²) in [5, 5.41) is 0. The molecule has 238 valence electrons. The molecule has 0 saturated heterocycles. The Morgan fingerprint density at radius 3 is 1.93 bits per heavy atom. The average molecular weight is 621 g/mol. The molecule has 2 aliphatic carbocycles. The van der Waals surface area contributed by atoms with E-state index in [2.05, 4.69) is 6.92 Å². The van der Waals surface area contributed by atoms with Crippen LogP contribution in [0.3, 0.4) is 0 Å². The number of hydrogen-bond acceptors (Lipinski definition) is 1. The summed E-state index contributed by atoms with van der Waals surface area (Å²) in [7, 11) is 0. The fourth-order valence-electron chi connectivity index (χ4n) is 7.11. The fourth-order valence-corrected chi connectivity index (χ4v) is 7.11. The van der Waals surface area contributed by atoms with Crippen molar-refractivity contribution in [2.75, 3.05) is 0 Å². The number of halogens is 7. The Kier molecular flexibility index (Phi) is 10.3. The lowest BCUT2D eigenvalue weighted by Gasteiger charge is -2.34. The van der Waals surface area contributed by atoms with E-state index in [1.54, 1.807) is 0 Å². The van der Waals surface area contributed by atoms with Crippen molar-refractivity contribution < 1.29 is 35.5 Å². The topological polar surface area (TPSA) is 9.23 Å². The first-order valence-electron chi connectivity index (χ1n) is 15.9. The summed E-state index contributed by atoms with van der Waals surface area (Å²) < 4.78 is 107. The molecule has 44 heavy (non-hydrogen) atoms. The molecule has 0 bridgehead atoms. The first-order valence-corrected chi connectivity index (χ1v) is 15.9. The van der Waals surface area contributed by atoms with Crippen LogP contribution in [-0.4, -0.2) is 6.11 Å². The SMILES string of the molecule is CCCCCC1CCC(c2cc(F)c(C3CCC(C(F)(F)Oc4ccc(-c5ccc(F)c(F)c5)c(F)c4)CC3)c(F)c2)CC1. The van der Waals surface area contributed by atoms with Gasteiger partial charge in [-0.2, -0.15) is 8.78 Å². The van der Waals surface area contributed by atoms with Gasteiger partial charge in [0.1, 0.15) is 23.2 Å². The van der Waals surface area contributed by atoms with Crippen molar-refractivity contribution in [1.29, 1.82) is 0 Å². The van der Waals surface area contributed by atoms with Gasteiger partial charge in [-0.1, -0.05) is 38.7 Å². The molecule has 0 radical (unpaired) electrons. The van der Waals surface area contributed by atoms with Crippen LogP contribution in [0, 0.1) is 40.9 Å². The largest absolute Gasteiger partial charge is 0.432 e. The van der Waals surface area contributed by atoms with Gasteiger partial charge in [0, 0.05) is 17.2 Å². The van der Waals surface area contributed by atoms with Crippen molar-refractivity contribution in [3.05, 3.63) is 88.7 Å². The van der Waals surface area contributed by atoms with E-state index in [4.69, 9.17) is 4.74 Å². The van der Waals surface area contributed by atoms with Crippen LogP contribution in [0.2, 0.25) is 0 Å². The molecule has 8 heteroatoms. The van der Waals surface area contributed by atoms with Gasteiger partial charge in [0.05, 0.1) is 5.92 Å². The predicted molar refractivity (Wildman–Crippen MR) is 157 cm³/mol. The highest BCUT2D eigenvalue weighted by Crippen LogP contribution is 2.46. The van der Waals surface area contributed by atoms with Crippen molar-refractivity contribution in [2.45, 2.75) is 102 Å². The van der Waals surface area contributed by atoms with Gasteiger partial charge < -0.3 is 4.74 Å². The zero-order valence-electron chi connectivity index (χ0n) is 25.0. The summed E-state index contributed by atoms with van der Waals surface area (Å²) in [4.78, 5) is 0. The third-order valence-corrected chi connectivity index (χ3v) is 9.67. The molecule has 2 fully saturated rings. The van der Waals surface area contributed by atoms with Crippen LogP contribution in [0.1, 0.15) is 107 Å². The van der Waals surface area contributed by atoms with Gasteiger partial charge in [0.15, 0.2) is 11.6 Å². The zero-order valence-corrected chi connectivity index (χ0v) is 25.0. The smallest absolute Gasteiger partial charge is 0.400 e. The minimum Gasteiger partial charge on any atom is -0.432 e. The number of rotatable bonds is 10. The molecule has 0 atom stereocenters. The molecule has 1 nitrogen and oxygen atoms in total. The molecule has 0 aromatic heterocycles. The summed E-state index contributed by atoms with van der Waals surface area (Å²) in [6, 6.07) is 8.84. The Balaban J connectivity index is 1.18. The quantitative estimate of drug-likeness (QED) is 0.162. The van der Waals surface area contributed by atoms with Gasteiger partial charge in [-0.15, -0.1) is 0 Å². The standard InChI is InChI=1S/C36H39F7O/c1-2-3-4-5-22-6-8-23(9-7-22)26-19-33(40)35(34(41)20-26)24-10-13-27(14-11-24)36(42,43)44-28-15-16-29(31(38)21-28)25-12-17-30(37)32(39)18-25/h12,15-24,27H,2-11,13-14H2,1H3. The van der Waals surface area contributed by atoms with Gasteiger partial charge in [0.25, 0.3) is 0 Å². The van der Waals surface area contributed by atoms with Gasteiger partial charge >= 0.3 is 6.11 Å². The Morgan fingerprint density at radius 2 is 1.32 bits per heavy atom. The summed E-state index contributed by atoms with van der Waals surface area (Å²) in [5.74, 6) is -5.70. The third-order valence-electron chi connectivity index (χ3n) is 9.67. The van der Waals surface area contributed by atoms with Gasteiger partial charge in [0.2, 0.25) is 0 Å². The molecule has 2 aliphatic rings. The Labute approximate surface area is 254 Å². The normalized spacial score (nSPS) is 22.6. The van der Waals surface area contributed by atoms with Crippen LogP contribution >= 0.6 is 0 Å². The second-order valence-corrected chi connectivity index (χ2v) is 12.6. The highest BCUT2D eigenvalue weighted by atomic mass is 19.3. The highest BCUT2D eigenvalue weighted by molar-refractivity contribution is 5.65. The van der Waals surface area contributed by atoms with E-state index in [0.29, 0.717) is 11.5 Å². The first-order chi connectivity index (χ1) is 21.1. The van der Waals surface area contributed by atoms with E-state index in [0.717, 1.165) is 49.9 Å². The molecule has 0 spiro atoms. The van der Waals surface area contributed by atoms with Crippen molar-refractivity contribution in [2.24, 2.45) is 11.8 Å². The monoisotopic (exact) mass is 620 g/mol. The van der Waals surface area contributed by atoms with Crippen LogP contribution in [0.25, 0.3) is 11.1 Å². The maximum Gasteiger partial charge on any atom is 0.400 e. The van der Waals surface area contributed by atoms with Crippen molar-refractivity contribution in [3.8, 4) is 16.9 Å². The van der Waals surface area contributed by atoms with Crippen LogP contribution in [0.15, 0.2) is 48.5 Å². The molecule has 5 rings (SSSR count). The van der Waals surface area contributed by atoms with Gasteiger partial charge in [-0.25, -0.2) is 22.0 Å². The Hall–Kier alpha value is -3.03. The van der Waals surface area contributed by atoms with Crippen molar-refractivity contribution >= 4 is 0 Å². The first kappa shape index (κ1) is 32.4. The van der Waals surface area contributed by atoms with Crippen LogP contribution in [0.5, 0.6) is 5.75 Å². The number of unbranched alkanes of at least 4 members (excludes halogenated alkanes) is 2. The number of ether oxygens (including phenoxy) is 1. The molecule has 2 saturated carbocycles. The molecule has 3 aromatic carbocycles. The van der Waals surface area contributed by atoms with E-state index in [-0.39, 0.29) is 48.3 Å². The lowest BCUT2D eigenvalue weighted by atomic mass is 9.75. The summed E-state index contributed by atoms with van der Waals surface area (Å²) in [6.07, 6.45) is 5.54. The lowest BCUT2D eigenvalue weighted by molar-refractivity contribution is -0.222. The van der Waals surface area contributed by atoms with E-state index in [1.807, 2.05) is 0 Å².